The molecule has 0 unspecified atom stereocenters. The highest BCUT2D eigenvalue weighted by Crippen LogP contribution is 2.16. The van der Waals surface area contributed by atoms with Crippen LogP contribution in [0.3, 0.4) is 0 Å². The van der Waals surface area contributed by atoms with Gasteiger partial charge < -0.3 is 14.2 Å². The molecule has 1 aliphatic heterocycles. The van der Waals surface area contributed by atoms with Gasteiger partial charge in [-0.05, 0) is 12.1 Å². The zero-order valence-corrected chi connectivity index (χ0v) is 11.0. The van der Waals surface area contributed by atoms with Gasteiger partial charge in [-0.1, -0.05) is 23.4 Å². The second-order valence-electron chi connectivity index (χ2n) is 4.55. The monoisotopic (exact) mass is 273 g/mol. The van der Waals surface area contributed by atoms with E-state index in [9.17, 15) is 4.79 Å². The maximum absolute atomic E-state index is 12.1. The van der Waals surface area contributed by atoms with Crippen LogP contribution in [0.4, 0.5) is 0 Å². The molecule has 2 aromatic rings. The lowest BCUT2D eigenvalue weighted by Gasteiger charge is -2.26. The molecule has 0 N–H and O–H groups in total. The van der Waals surface area contributed by atoms with E-state index in [-0.39, 0.29) is 12.3 Å². The molecule has 1 aliphatic rings. The minimum absolute atomic E-state index is 0.00807. The molecule has 0 saturated carbocycles. The molecule has 1 saturated heterocycles. The van der Waals surface area contributed by atoms with Crippen LogP contribution in [0, 0.1) is 0 Å². The Hall–Kier alpha value is -2.21. The van der Waals surface area contributed by atoms with E-state index in [1.54, 1.807) is 4.90 Å². The van der Waals surface area contributed by atoms with Crippen LogP contribution in [0.15, 0.2) is 34.9 Å². The Morgan fingerprint density at radius 1 is 1.20 bits per heavy atom. The van der Waals surface area contributed by atoms with E-state index in [2.05, 4.69) is 10.1 Å². The molecule has 0 aliphatic carbocycles. The Morgan fingerprint density at radius 3 is 2.70 bits per heavy atom. The van der Waals surface area contributed by atoms with Crippen molar-refractivity contribution in [3.05, 3.63) is 36.2 Å². The predicted molar refractivity (Wildman–Crippen MR) is 70.8 cm³/mol. The second kappa shape index (κ2) is 5.83. The Balaban J connectivity index is 1.66. The minimum atomic E-state index is 0.00807. The number of hydrogen-bond donors (Lipinski definition) is 0. The number of morpholine rings is 1. The van der Waals surface area contributed by atoms with E-state index in [1.807, 2.05) is 30.3 Å². The standard InChI is InChI=1S/C14H15N3O3/c18-13(17-6-8-19-9-7-17)10-12-15-14(20-16-12)11-4-2-1-3-5-11/h1-5H,6-10H2. The van der Waals surface area contributed by atoms with Crippen molar-refractivity contribution in [3.63, 3.8) is 0 Å². The van der Waals surface area contributed by atoms with Crippen LogP contribution < -0.4 is 0 Å². The lowest BCUT2D eigenvalue weighted by atomic mass is 10.2. The number of hydrogen-bond acceptors (Lipinski definition) is 5. The number of ether oxygens (including phenoxy) is 1. The van der Waals surface area contributed by atoms with Gasteiger partial charge in [0.1, 0.15) is 0 Å². The van der Waals surface area contributed by atoms with Gasteiger partial charge in [-0.15, -0.1) is 0 Å². The summed E-state index contributed by atoms with van der Waals surface area (Å²) in [5.41, 5.74) is 0.852. The molecular formula is C14H15N3O3. The van der Waals surface area contributed by atoms with Gasteiger partial charge in [-0.2, -0.15) is 4.98 Å². The highest BCUT2D eigenvalue weighted by Gasteiger charge is 2.19. The van der Waals surface area contributed by atoms with Crippen molar-refractivity contribution < 1.29 is 14.1 Å². The van der Waals surface area contributed by atoms with Gasteiger partial charge in [0.05, 0.1) is 19.6 Å². The van der Waals surface area contributed by atoms with Crippen molar-refractivity contribution in [3.8, 4) is 11.5 Å². The summed E-state index contributed by atoms with van der Waals surface area (Å²) < 4.78 is 10.4. The zero-order chi connectivity index (χ0) is 13.8. The molecule has 104 valence electrons. The Bertz CT molecular complexity index is 576. The van der Waals surface area contributed by atoms with E-state index in [4.69, 9.17) is 9.26 Å². The molecule has 1 aromatic carbocycles. The average molecular weight is 273 g/mol. The fraction of sp³-hybridized carbons (Fsp3) is 0.357. The third-order valence-corrected chi connectivity index (χ3v) is 3.16. The molecule has 1 fully saturated rings. The first-order valence-electron chi connectivity index (χ1n) is 6.56. The summed E-state index contributed by atoms with van der Waals surface area (Å²) in [6, 6.07) is 9.50. The molecule has 1 amide bonds. The van der Waals surface area contributed by atoms with Gasteiger partial charge in [0.2, 0.25) is 5.91 Å². The van der Waals surface area contributed by atoms with Crippen LogP contribution in [0.5, 0.6) is 0 Å². The van der Waals surface area contributed by atoms with Crippen molar-refractivity contribution >= 4 is 5.91 Å². The molecule has 0 atom stereocenters. The molecule has 2 heterocycles. The summed E-state index contributed by atoms with van der Waals surface area (Å²) in [6.45, 7) is 2.44. The van der Waals surface area contributed by atoms with E-state index >= 15 is 0 Å². The number of carbonyl (C=O) groups is 1. The first kappa shape index (κ1) is 12.8. The SMILES string of the molecule is O=C(Cc1noc(-c2ccccc2)n1)N1CCOCC1. The highest BCUT2D eigenvalue weighted by molar-refractivity contribution is 5.78. The smallest absolute Gasteiger partial charge is 0.257 e. The molecule has 6 nitrogen and oxygen atoms in total. The van der Waals surface area contributed by atoms with Crippen LogP contribution >= 0.6 is 0 Å². The minimum Gasteiger partial charge on any atom is -0.378 e. The third kappa shape index (κ3) is 2.85. The third-order valence-electron chi connectivity index (χ3n) is 3.16. The van der Waals surface area contributed by atoms with Crippen LogP contribution in [0.1, 0.15) is 5.82 Å². The molecule has 20 heavy (non-hydrogen) atoms. The predicted octanol–water partition coefficient (Wildman–Crippen LogP) is 1.14. The number of amides is 1. The van der Waals surface area contributed by atoms with Crippen LogP contribution in [-0.2, 0) is 16.0 Å². The lowest BCUT2D eigenvalue weighted by molar-refractivity contribution is -0.134. The molecule has 0 spiro atoms. The fourth-order valence-electron chi connectivity index (χ4n) is 2.08. The van der Waals surface area contributed by atoms with E-state index in [1.165, 1.54) is 0 Å². The summed E-state index contributed by atoms with van der Waals surface area (Å²) in [6.07, 6.45) is 0.163. The number of rotatable bonds is 3. The zero-order valence-electron chi connectivity index (χ0n) is 11.0. The van der Waals surface area contributed by atoms with Gasteiger partial charge in [0.25, 0.3) is 5.89 Å². The summed E-state index contributed by atoms with van der Waals surface area (Å²) in [5, 5.41) is 3.86. The van der Waals surface area contributed by atoms with Crippen molar-refractivity contribution in [2.45, 2.75) is 6.42 Å². The summed E-state index contributed by atoms with van der Waals surface area (Å²) in [7, 11) is 0. The van der Waals surface area contributed by atoms with Crippen LogP contribution in [-0.4, -0.2) is 47.3 Å². The van der Waals surface area contributed by atoms with Crippen molar-refractivity contribution in [2.75, 3.05) is 26.3 Å². The molecular weight excluding hydrogens is 258 g/mol. The first-order valence-corrected chi connectivity index (χ1v) is 6.56. The number of carbonyl (C=O) groups excluding carboxylic acids is 1. The lowest BCUT2D eigenvalue weighted by Crippen LogP contribution is -2.41. The van der Waals surface area contributed by atoms with E-state index in [0.29, 0.717) is 38.0 Å². The van der Waals surface area contributed by atoms with Gasteiger partial charge in [-0.25, -0.2) is 0 Å². The molecule has 3 rings (SSSR count). The first-order chi connectivity index (χ1) is 9.83. The Morgan fingerprint density at radius 2 is 1.95 bits per heavy atom. The Labute approximate surface area is 116 Å². The molecule has 1 aromatic heterocycles. The van der Waals surface area contributed by atoms with Crippen molar-refractivity contribution in [1.82, 2.24) is 15.0 Å². The normalized spacial score (nSPS) is 15.3. The largest absolute Gasteiger partial charge is 0.378 e. The number of nitrogens with zero attached hydrogens (tertiary/aromatic N) is 3. The summed E-state index contributed by atoms with van der Waals surface area (Å²) in [5.74, 6) is 0.865. The fourth-order valence-corrected chi connectivity index (χ4v) is 2.08. The average Bonchev–Trinajstić information content (AvgIpc) is 2.97. The quantitative estimate of drug-likeness (QED) is 0.838. The van der Waals surface area contributed by atoms with Gasteiger partial charge >= 0.3 is 0 Å². The maximum Gasteiger partial charge on any atom is 0.257 e. The van der Waals surface area contributed by atoms with Crippen LogP contribution in [0.2, 0.25) is 0 Å². The molecule has 0 bridgehead atoms. The molecule has 0 radical (unpaired) electrons. The van der Waals surface area contributed by atoms with Crippen LogP contribution in [0.25, 0.3) is 11.5 Å². The topological polar surface area (TPSA) is 68.5 Å². The van der Waals surface area contributed by atoms with Crippen molar-refractivity contribution in [1.29, 1.82) is 0 Å². The summed E-state index contributed by atoms with van der Waals surface area (Å²) in [4.78, 5) is 18.1. The highest BCUT2D eigenvalue weighted by atomic mass is 16.5. The van der Waals surface area contributed by atoms with E-state index in [0.717, 1.165) is 5.56 Å². The van der Waals surface area contributed by atoms with Gasteiger partial charge in [0, 0.05) is 18.7 Å². The maximum atomic E-state index is 12.1. The second-order valence-corrected chi connectivity index (χ2v) is 4.55. The van der Waals surface area contributed by atoms with Crippen molar-refractivity contribution in [2.24, 2.45) is 0 Å². The number of benzene rings is 1. The van der Waals surface area contributed by atoms with Gasteiger partial charge in [0.15, 0.2) is 5.82 Å². The summed E-state index contributed by atoms with van der Waals surface area (Å²) >= 11 is 0. The molecule has 6 heteroatoms. The van der Waals surface area contributed by atoms with Gasteiger partial charge in [-0.3, -0.25) is 4.79 Å². The van der Waals surface area contributed by atoms with E-state index < -0.39 is 0 Å². The number of aromatic nitrogens is 2. The Kier molecular flexibility index (Phi) is 3.73.